The van der Waals surface area contributed by atoms with Crippen LogP contribution in [0.4, 0.5) is 0 Å². The summed E-state index contributed by atoms with van der Waals surface area (Å²) >= 11 is 0. The lowest BCUT2D eigenvalue weighted by atomic mass is 9.92. The second-order valence-corrected chi connectivity index (χ2v) is 8.33. The minimum atomic E-state index is 0.314. The fraction of sp³-hybridized carbons (Fsp3) is 0.281. The van der Waals surface area contributed by atoms with Crippen molar-refractivity contribution in [1.82, 2.24) is 0 Å². The molecule has 1 unspecified atom stereocenters. The molecule has 0 amide bonds. The summed E-state index contributed by atoms with van der Waals surface area (Å²) in [5.41, 5.74) is 7.03. The number of aldehydes is 3. The lowest BCUT2D eigenvalue weighted by Crippen LogP contribution is -2.04. The van der Waals surface area contributed by atoms with Gasteiger partial charge in [-0.25, -0.2) is 0 Å². The van der Waals surface area contributed by atoms with Crippen LogP contribution in [0, 0.1) is 26.7 Å². The number of carbonyl (C=O) groups excluding carboxylic acids is 3. The van der Waals surface area contributed by atoms with Crippen LogP contribution in [0.1, 0.15) is 60.2 Å². The number of hydrogen-bond donors (Lipinski definition) is 0. The molecule has 1 aliphatic rings. The summed E-state index contributed by atoms with van der Waals surface area (Å²) < 4.78 is 0. The molecule has 0 saturated carbocycles. The number of carbonyl (C=O) groups is 3. The molecule has 35 heavy (non-hydrogen) atoms. The van der Waals surface area contributed by atoms with Gasteiger partial charge in [0.05, 0.1) is 0 Å². The number of rotatable bonds is 4. The maximum absolute atomic E-state index is 10.2. The number of hydrogen-bond acceptors (Lipinski definition) is 3. The molecular weight excluding hydrogens is 432 g/mol. The first-order chi connectivity index (χ1) is 16.6. The van der Waals surface area contributed by atoms with Gasteiger partial charge in [-0.2, -0.15) is 0 Å². The molecule has 2 aromatic carbocycles. The predicted molar refractivity (Wildman–Crippen MR) is 151 cm³/mol. The molecule has 0 aliphatic heterocycles. The van der Waals surface area contributed by atoms with E-state index in [4.69, 9.17) is 4.79 Å². The molecule has 188 valence electrons. The second-order valence-electron chi connectivity index (χ2n) is 8.33. The van der Waals surface area contributed by atoms with Crippen LogP contribution in [-0.2, 0) is 9.59 Å². The highest BCUT2D eigenvalue weighted by molar-refractivity contribution is 5.74. The van der Waals surface area contributed by atoms with E-state index >= 15 is 0 Å². The van der Waals surface area contributed by atoms with Crippen LogP contribution < -0.4 is 0 Å². The van der Waals surface area contributed by atoms with Crippen molar-refractivity contribution < 1.29 is 14.4 Å². The smallest absolute Gasteiger partial charge is 0.150 e. The zero-order chi connectivity index (χ0) is 27.1. The van der Waals surface area contributed by atoms with Gasteiger partial charge in [0.1, 0.15) is 18.9 Å². The highest BCUT2D eigenvalue weighted by Crippen LogP contribution is 2.20. The van der Waals surface area contributed by atoms with Crippen molar-refractivity contribution >= 4 is 18.9 Å². The zero-order valence-electron chi connectivity index (χ0n) is 22.1. The van der Waals surface area contributed by atoms with Crippen molar-refractivity contribution in [2.45, 2.75) is 53.9 Å². The largest absolute Gasteiger partial charge is 0.303 e. The molecule has 0 heterocycles. The van der Waals surface area contributed by atoms with E-state index in [1.54, 1.807) is 6.08 Å². The van der Waals surface area contributed by atoms with Gasteiger partial charge in [-0.05, 0) is 60.0 Å². The third kappa shape index (κ3) is 22.0. The maximum Gasteiger partial charge on any atom is 0.150 e. The SMILES string of the molecule is C=CC(=C)C.C=CC=O.CC1=CCC(C=O)CC1.Cc1ccc(C)cc1.Cc1ccc(C=O)cc1. The molecule has 2 aromatic rings. The van der Waals surface area contributed by atoms with Crippen molar-refractivity contribution in [1.29, 1.82) is 0 Å². The highest BCUT2D eigenvalue weighted by Gasteiger charge is 2.09. The first-order valence-electron chi connectivity index (χ1n) is 11.6. The summed E-state index contributed by atoms with van der Waals surface area (Å²) in [5.74, 6) is 0.314. The van der Waals surface area contributed by atoms with E-state index in [9.17, 15) is 9.59 Å². The van der Waals surface area contributed by atoms with Crippen molar-refractivity contribution in [2.75, 3.05) is 0 Å². The molecule has 1 atom stereocenters. The number of aryl methyl sites for hydroxylation is 3. The third-order valence-electron chi connectivity index (χ3n) is 4.75. The summed E-state index contributed by atoms with van der Waals surface area (Å²) in [6.45, 7) is 20.4. The molecule has 1 aliphatic carbocycles. The van der Waals surface area contributed by atoms with Gasteiger partial charge >= 0.3 is 0 Å². The van der Waals surface area contributed by atoms with E-state index in [0.717, 1.165) is 43.0 Å². The Morgan fingerprint density at radius 1 is 0.829 bits per heavy atom. The van der Waals surface area contributed by atoms with Crippen LogP contribution in [0.2, 0.25) is 0 Å². The van der Waals surface area contributed by atoms with Gasteiger partial charge < -0.3 is 4.79 Å². The fourth-order valence-electron chi connectivity index (χ4n) is 2.39. The molecule has 0 N–H and O–H groups in total. The summed E-state index contributed by atoms with van der Waals surface area (Å²) in [6, 6.07) is 15.9. The Morgan fingerprint density at radius 3 is 1.49 bits per heavy atom. The standard InChI is InChI=1S/C8H12O.C8H8O.C8H10.C5H8.C3H4O/c2*1-7-2-4-8(6-9)5-3-7;1-7-3-5-8(2)6-4-7;1-4-5(2)3;1-2-3-4/h2,6,8H,3-5H2,1H3;2-6H,1H3;3-6H,1-2H3;4H,1-2H2,3H3;2-3H,1H2. The topological polar surface area (TPSA) is 51.2 Å². The minimum absolute atomic E-state index is 0.314. The van der Waals surface area contributed by atoms with Crippen LogP contribution >= 0.6 is 0 Å². The van der Waals surface area contributed by atoms with Gasteiger partial charge in [0.15, 0.2) is 0 Å². The Bertz CT molecular complexity index is 889. The van der Waals surface area contributed by atoms with Gasteiger partial charge in [-0.3, -0.25) is 9.59 Å². The number of benzene rings is 2. The quantitative estimate of drug-likeness (QED) is 0.194. The first kappa shape index (κ1) is 33.6. The Hall–Kier alpha value is -3.59. The van der Waals surface area contributed by atoms with E-state index in [-0.39, 0.29) is 0 Å². The minimum Gasteiger partial charge on any atom is -0.303 e. The zero-order valence-corrected chi connectivity index (χ0v) is 22.1. The molecule has 0 bridgehead atoms. The van der Waals surface area contributed by atoms with Gasteiger partial charge in [-0.15, -0.1) is 0 Å². The fourth-order valence-corrected chi connectivity index (χ4v) is 2.39. The first-order valence-corrected chi connectivity index (χ1v) is 11.6. The summed E-state index contributed by atoms with van der Waals surface area (Å²) in [6.07, 6.45) is 10.8. The van der Waals surface area contributed by atoms with Crippen LogP contribution in [0.25, 0.3) is 0 Å². The third-order valence-corrected chi connectivity index (χ3v) is 4.75. The maximum atomic E-state index is 10.2. The van der Waals surface area contributed by atoms with Crippen LogP contribution in [0.3, 0.4) is 0 Å². The lowest BCUT2D eigenvalue weighted by molar-refractivity contribution is -0.111. The summed E-state index contributed by atoms with van der Waals surface area (Å²) in [7, 11) is 0. The van der Waals surface area contributed by atoms with E-state index < -0.39 is 0 Å². The van der Waals surface area contributed by atoms with Crippen molar-refractivity contribution in [3.05, 3.63) is 120 Å². The molecule has 0 fully saturated rings. The molecule has 3 nitrogen and oxygen atoms in total. The van der Waals surface area contributed by atoms with Gasteiger partial charge in [0.2, 0.25) is 0 Å². The Balaban J connectivity index is 0. The molecular formula is C32H42O3. The lowest BCUT2D eigenvalue weighted by Gasteiger charge is -2.13. The summed E-state index contributed by atoms with van der Waals surface area (Å²) in [4.78, 5) is 29.4. The molecule has 0 saturated heterocycles. The van der Waals surface area contributed by atoms with Crippen LogP contribution in [-0.4, -0.2) is 18.9 Å². The Kier molecular flexibility index (Phi) is 21.3. The monoisotopic (exact) mass is 474 g/mol. The highest BCUT2D eigenvalue weighted by atomic mass is 16.1. The van der Waals surface area contributed by atoms with Gasteiger partial charge in [-0.1, -0.05) is 108 Å². The van der Waals surface area contributed by atoms with Crippen molar-refractivity contribution in [3.63, 3.8) is 0 Å². The predicted octanol–water partition coefficient (Wildman–Crippen LogP) is 8.16. The molecule has 0 spiro atoms. The molecule has 0 aromatic heterocycles. The molecule has 3 heteroatoms. The average Bonchev–Trinajstić information content (AvgIpc) is 2.88. The molecule has 0 radical (unpaired) electrons. The van der Waals surface area contributed by atoms with E-state index in [2.05, 4.69) is 70.8 Å². The van der Waals surface area contributed by atoms with Crippen molar-refractivity contribution in [2.24, 2.45) is 5.92 Å². The van der Waals surface area contributed by atoms with Crippen LogP contribution in [0.5, 0.6) is 0 Å². The second kappa shape index (κ2) is 22.2. The van der Waals surface area contributed by atoms with E-state index in [1.165, 1.54) is 28.3 Å². The van der Waals surface area contributed by atoms with E-state index in [1.807, 2.05) is 38.1 Å². The van der Waals surface area contributed by atoms with Crippen molar-refractivity contribution in [3.8, 4) is 0 Å². The Labute approximate surface area is 213 Å². The van der Waals surface area contributed by atoms with Gasteiger partial charge in [0.25, 0.3) is 0 Å². The average molecular weight is 475 g/mol. The van der Waals surface area contributed by atoms with Crippen LogP contribution in [0.15, 0.2) is 97.6 Å². The van der Waals surface area contributed by atoms with Gasteiger partial charge in [0, 0.05) is 11.5 Å². The van der Waals surface area contributed by atoms with E-state index in [0.29, 0.717) is 12.2 Å². The number of allylic oxidation sites excluding steroid dienone is 5. The molecule has 3 rings (SSSR count). The normalized spacial score (nSPS) is 12.9. The Morgan fingerprint density at radius 2 is 1.23 bits per heavy atom. The summed E-state index contributed by atoms with van der Waals surface area (Å²) in [5, 5.41) is 0.